The molecule has 0 saturated carbocycles. The maximum atomic E-state index is 11.4. The molecule has 2 amide bonds. The molecule has 16 heavy (non-hydrogen) atoms. The molecule has 0 aliphatic carbocycles. The lowest BCUT2D eigenvalue weighted by Crippen LogP contribution is -2.33. The number of carbonyl (C=O) groups excluding carboxylic acids is 2. The van der Waals surface area contributed by atoms with Gasteiger partial charge in [-0.05, 0) is 5.56 Å². The van der Waals surface area contributed by atoms with Gasteiger partial charge in [0.2, 0.25) is 6.10 Å². The van der Waals surface area contributed by atoms with Crippen LogP contribution in [-0.2, 0) is 14.4 Å². The molecule has 0 heterocycles. The molecule has 0 spiro atoms. The van der Waals surface area contributed by atoms with Crippen LogP contribution in [0.15, 0.2) is 30.3 Å². The van der Waals surface area contributed by atoms with Crippen molar-refractivity contribution in [2.45, 2.75) is 6.10 Å². The summed E-state index contributed by atoms with van der Waals surface area (Å²) in [5, 5.41) is 0. The summed E-state index contributed by atoms with van der Waals surface area (Å²) >= 11 is 0. The van der Waals surface area contributed by atoms with Crippen molar-refractivity contribution in [2.24, 2.45) is 5.73 Å². The summed E-state index contributed by atoms with van der Waals surface area (Å²) in [4.78, 5) is 26.7. The highest BCUT2D eigenvalue weighted by atomic mass is 16.7. The summed E-state index contributed by atoms with van der Waals surface area (Å²) in [6.45, 7) is 0. The van der Waals surface area contributed by atoms with Crippen molar-refractivity contribution in [2.75, 3.05) is 7.11 Å². The van der Waals surface area contributed by atoms with E-state index in [1.54, 1.807) is 30.3 Å². The van der Waals surface area contributed by atoms with E-state index in [1.807, 2.05) is 5.48 Å². The fourth-order valence-corrected chi connectivity index (χ4v) is 1.10. The van der Waals surface area contributed by atoms with Crippen molar-refractivity contribution in [1.82, 2.24) is 5.48 Å². The van der Waals surface area contributed by atoms with Gasteiger partial charge in [0.05, 0.1) is 7.11 Å². The minimum Gasteiger partial charge on any atom is -0.467 e. The van der Waals surface area contributed by atoms with E-state index in [2.05, 4.69) is 4.74 Å². The van der Waals surface area contributed by atoms with Crippen LogP contribution in [-0.4, -0.2) is 19.1 Å². The average Bonchev–Trinajstić information content (AvgIpc) is 2.30. The Bertz CT molecular complexity index is 366. The number of carbonyl (C=O) groups is 2. The Balaban J connectivity index is 2.79. The van der Waals surface area contributed by atoms with Crippen molar-refractivity contribution in [3.8, 4) is 0 Å². The predicted molar refractivity (Wildman–Crippen MR) is 55.0 cm³/mol. The van der Waals surface area contributed by atoms with Crippen molar-refractivity contribution < 1.29 is 19.2 Å². The maximum Gasteiger partial charge on any atom is 0.342 e. The zero-order chi connectivity index (χ0) is 12.0. The van der Waals surface area contributed by atoms with Gasteiger partial charge >= 0.3 is 12.0 Å². The number of hydrogen-bond acceptors (Lipinski definition) is 4. The molecule has 0 fully saturated rings. The van der Waals surface area contributed by atoms with E-state index in [4.69, 9.17) is 10.6 Å². The van der Waals surface area contributed by atoms with Gasteiger partial charge in [-0.25, -0.2) is 15.1 Å². The van der Waals surface area contributed by atoms with Crippen LogP contribution in [0.1, 0.15) is 11.7 Å². The van der Waals surface area contributed by atoms with E-state index in [0.717, 1.165) is 0 Å². The average molecular weight is 224 g/mol. The molecule has 0 aromatic heterocycles. The zero-order valence-corrected chi connectivity index (χ0v) is 8.67. The van der Waals surface area contributed by atoms with Crippen molar-refractivity contribution >= 4 is 12.0 Å². The van der Waals surface area contributed by atoms with Gasteiger partial charge in [0.1, 0.15) is 0 Å². The third-order valence-corrected chi connectivity index (χ3v) is 1.79. The number of primary amides is 1. The number of hydroxylamine groups is 1. The first kappa shape index (κ1) is 12.0. The van der Waals surface area contributed by atoms with E-state index in [-0.39, 0.29) is 0 Å². The van der Waals surface area contributed by atoms with Crippen LogP contribution in [0.4, 0.5) is 4.79 Å². The first-order chi connectivity index (χ1) is 7.65. The summed E-state index contributed by atoms with van der Waals surface area (Å²) in [5.41, 5.74) is 7.29. The number of esters is 1. The minimum atomic E-state index is -1.03. The smallest absolute Gasteiger partial charge is 0.342 e. The normalized spacial score (nSPS) is 11.6. The summed E-state index contributed by atoms with van der Waals surface area (Å²) in [7, 11) is 1.23. The molecule has 0 bridgehead atoms. The highest BCUT2D eigenvalue weighted by Crippen LogP contribution is 2.17. The lowest BCUT2D eigenvalue weighted by atomic mass is 10.1. The molecular formula is C10H12N2O4. The summed E-state index contributed by atoms with van der Waals surface area (Å²) in [6.07, 6.45) is -1.03. The second kappa shape index (κ2) is 5.72. The Morgan fingerprint density at radius 3 is 2.44 bits per heavy atom. The molecule has 1 aromatic carbocycles. The molecule has 1 rings (SSSR count). The lowest BCUT2D eigenvalue weighted by Gasteiger charge is -2.14. The van der Waals surface area contributed by atoms with Crippen molar-refractivity contribution in [3.05, 3.63) is 35.9 Å². The summed E-state index contributed by atoms with van der Waals surface area (Å²) < 4.78 is 4.54. The number of nitrogens with two attached hydrogens (primary N) is 1. The molecule has 1 unspecified atom stereocenters. The number of hydrogen-bond donors (Lipinski definition) is 2. The fraction of sp³-hybridized carbons (Fsp3) is 0.200. The highest BCUT2D eigenvalue weighted by Gasteiger charge is 2.23. The van der Waals surface area contributed by atoms with Crippen LogP contribution in [0.5, 0.6) is 0 Å². The lowest BCUT2D eigenvalue weighted by molar-refractivity contribution is -0.158. The number of ether oxygens (including phenoxy) is 1. The van der Waals surface area contributed by atoms with Crippen LogP contribution in [0, 0.1) is 0 Å². The van der Waals surface area contributed by atoms with Crippen molar-refractivity contribution in [3.63, 3.8) is 0 Å². The van der Waals surface area contributed by atoms with Gasteiger partial charge in [-0.1, -0.05) is 30.3 Å². The molecule has 86 valence electrons. The van der Waals surface area contributed by atoms with E-state index < -0.39 is 18.1 Å². The van der Waals surface area contributed by atoms with Gasteiger partial charge < -0.3 is 10.5 Å². The number of urea groups is 1. The molecule has 0 radical (unpaired) electrons. The monoisotopic (exact) mass is 224 g/mol. The van der Waals surface area contributed by atoms with Gasteiger partial charge in [-0.2, -0.15) is 0 Å². The van der Waals surface area contributed by atoms with Gasteiger partial charge in [0.25, 0.3) is 0 Å². The maximum absolute atomic E-state index is 11.4. The molecular weight excluding hydrogens is 212 g/mol. The van der Waals surface area contributed by atoms with Crippen LogP contribution in [0.2, 0.25) is 0 Å². The molecule has 0 saturated heterocycles. The van der Waals surface area contributed by atoms with Gasteiger partial charge in [-0.3, -0.25) is 4.84 Å². The summed E-state index contributed by atoms with van der Waals surface area (Å²) in [6, 6.07) is 7.72. The fourth-order valence-electron chi connectivity index (χ4n) is 1.10. The minimum absolute atomic E-state index is 0.558. The van der Waals surface area contributed by atoms with E-state index in [9.17, 15) is 9.59 Å². The Morgan fingerprint density at radius 2 is 1.94 bits per heavy atom. The quantitative estimate of drug-likeness (QED) is 0.575. The number of rotatable bonds is 4. The van der Waals surface area contributed by atoms with E-state index in [0.29, 0.717) is 5.56 Å². The predicted octanol–water partition coefficient (Wildman–Crippen LogP) is 0.501. The molecule has 6 heteroatoms. The first-order valence-electron chi connectivity index (χ1n) is 4.49. The van der Waals surface area contributed by atoms with Crippen LogP contribution < -0.4 is 11.2 Å². The van der Waals surface area contributed by atoms with E-state index >= 15 is 0 Å². The van der Waals surface area contributed by atoms with Crippen molar-refractivity contribution in [1.29, 1.82) is 0 Å². The molecule has 1 aromatic rings. The number of nitrogens with one attached hydrogen (secondary N) is 1. The highest BCUT2D eigenvalue weighted by molar-refractivity contribution is 5.77. The molecule has 0 aliphatic rings. The topological polar surface area (TPSA) is 90.7 Å². The second-order valence-corrected chi connectivity index (χ2v) is 2.90. The van der Waals surface area contributed by atoms with E-state index in [1.165, 1.54) is 7.11 Å². The van der Waals surface area contributed by atoms with Crippen LogP contribution in [0.3, 0.4) is 0 Å². The Morgan fingerprint density at radius 1 is 1.31 bits per heavy atom. The Labute approximate surface area is 92.3 Å². The third-order valence-electron chi connectivity index (χ3n) is 1.79. The number of amides is 2. The van der Waals surface area contributed by atoms with Crippen LogP contribution >= 0.6 is 0 Å². The standard InChI is InChI=1S/C10H12N2O4/c1-15-9(13)8(16-12-10(11)14)7-5-3-2-4-6-7/h2-6,8H,1H3,(H3,11,12,14). The third kappa shape index (κ3) is 3.25. The second-order valence-electron chi connectivity index (χ2n) is 2.90. The molecule has 0 aliphatic heterocycles. The van der Waals surface area contributed by atoms with Gasteiger partial charge in [0.15, 0.2) is 0 Å². The first-order valence-corrected chi connectivity index (χ1v) is 4.49. The molecule has 6 nitrogen and oxygen atoms in total. The number of methoxy groups -OCH3 is 1. The van der Waals surface area contributed by atoms with Crippen LogP contribution in [0.25, 0.3) is 0 Å². The van der Waals surface area contributed by atoms with Gasteiger partial charge in [0, 0.05) is 0 Å². The molecule has 3 N–H and O–H groups in total. The molecule has 1 atom stereocenters. The SMILES string of the molecule is COC(=O)C(ONC(N)=O)c1ccccc1. The summed E-state index contributed by atoms with van der Waals surface area (Å²) in [5.74, 6) is -0.625. The zero-order valence-electron chi connectivity index (χ0n) is 8.67. The largest absolute Gasteiger partial charge is 0.467 e. The Hall–Kier alpha value is -2.08. The number of benzene rings is 1. The van der Waals surface area contributed by atoms with Gasteiger partial charge in [-0.15, -0.1) is 0 Å². The Kier molecular flexibility index (Phi) is 4.28.